The molecule has 0 atom stereocenters. The van der Waals surface area contributed by atoms with Crippen LogP contribution in [0.15, 0.2) is 24.5 Å². The smallest absolute Gasteiger partial charge is 0.274 e. The van der Waals surface area contributed by atoms with Gasteiger partial charge in [0.15, 0.2) is 0 Å². The van der Waals surface area contributed by atoms with Crippen molar-refractivity contribution in [2.45, 2.75) is 0 Å². The molecule has 0 spiro atoms. The third kappa shape index (κ3) is 2.01. The van der Waals surface area contributed by atoms with E-state index in [0.717, 1.165) is 0 Å². The highest BCUT2D eigenvalue weighted by atomic mass is 35.5. The van der Waals surface area contributed by atoms with Crippen LogP contribution in [0.4, 0.5) is 5.69 Å². The molecule has 0 aliphatic heterocycles. The molecule has 0 aliphatic rings. The number of aromatic nitrogens is 3. The molecule has 0 saturated heterocycles. The molecular weight excluding hydrogens is 232 g/mol. The Bertz CT molecular complexity index is 552. The van der Waals surface area contributed by atoms with Gasteiger partial charge in [-0.05, 0) is 0 Å². The van der Waals surface area contributed by atoms with E-state index in [-0.39, 0.29) is 10.8 Å². The number of pyridine rings is 1. The molecule has 0 radical (unpaired) electrons. The summed E-state index contributed by atoms with van der Waals surface area (Å²) >= 11 is 5.71. The van der Waals surface area contributed by atoms with Crippen molar-refractivity contribution in [1.82, 2.24) is 14.8 Å². The molecule has 0 fully saturated rings. The number of rotatable bonds is 2. The van der Waals surface area contributed by atoms with E-state index >= 15 is 0 Å². The monoisotopic (exact) mass is 238 g/mol. The van der Waals surface area contributed by atoms with E-state index in [4.69, 9.17) is 11.6 Å². The Morgan fingerprint density at radius 2 is 2.25 bits per heavy atom. The van der Waals surface area contributed by atoms with Crippen LogP contribution in [0.5, 0.6) is 0 Å². The van der Waals surface area contributed by atoms with Gasteiger partial charge in [-0.2, -0.15) is 5.10 Å². The molecule has 16 heavy (non-hydrogen) atoms. The van der Waals surface area contributed by atoms with E-state index < -0.39 is 4.92 Å². The lowest BCUT2D eigenvalue weighted by atomic mass is 10.2. The number of nitrogens with zero attached hydrogens (tertiary/aromatic N) is 4. The lowest BCUT2D eigenvalue weighted by molar-refractivity contribution is -0.384. The van der Waals surface area contributed by atoms with Crippen molar-refractivity contribution in [3.05, 3.63) is 39.8 Å². The van der Waals surface area contributed by atoms with Crippen molar-refractivity contribution in [2.24, 2.45) is 7.05 Å². The van der Waals surface area contributed by atoms with Crippen LogP contribution in [0.3, 0.4) is 0 Å². The number of hydrogen-bond donors (Lipinski definition) is 0. The second-order valence-corrected chi connectivity index (χ2v) is 3.58. The Labute approximate surface area is 95.6 Å². The normalized spacial score (nSPS) is 10.4. The van der Waals surface area contributed by atoms with Crippen molar-refractivity contribution >= 4 is 17.3 Å². The van der Waals surface area contributed by atoms with Gasteiger partial charge in [-0.15, -0.1) is 0 Å². The second-order valence-electron chi connectivity index (χ2n) is 3.19. The highest BCUT2D eigenvalue weighted by Gasteiger charge is 2.12. The fourth-order valence-corrected chi connectivity index (χ4v) is 1.49. The number of halogens is 1. The average Bonchev–Trinajstić information content (AvgIpc) is 2.64. The van der Waals surface area contributed by atoms with Gasteiger partial charge in [0.05, 0.1) is 22.9 Å². The van der Waals surface area contributed by atoms with Crippen LogP contribution in [0.25, 0.3) is 11.3 Å². The van der Waals surface area contributed by atoms with E-state index in [2.05, 4.69) is 10.1 Å². The Balaban J connectivity index is 2.53. The Kier molecular flexibility index (Phi) is 2.57. The molecule has 0 aromatic carbocycles. The maximum Gasteiger partial charge on any atom is 0.274 e. The highest BCUT2D eigenvalue weighted by Crippen LogP contribution is 2.24. The summed E-state index contributed by atoms with van der Waals surface area (Å²) in [7, 11) is 1.75. The van der Waals surface area contributed by atoms with Gasteiger partial charge in [0.1, 0.15) is 5.15 Å². The van der Waals surface area contributed by atoms with Crippen LogP contribution >= 0.6 is 11.6 Å². The summed E-state index contributed by atoms with van der Waals surface area (Å²) in [4.78, 5) is 14.1. The van der Waals surface area contributed by atoms with Crippen LogP contribution < -0.4 is 0 Å². The fourth-order valence-electron chi connectivity index (χ4n) is 1.29. The zero-order chi connectivity index (χ0) is 11.7. The second kappa shape index (κ2) is 3.90. The molecule has 2 aromatic heterocycles. The van der Waals surface area contributed by atoms with Gasteiger partial charge < -0.3 is 0 Å². The molecule has 2 rings (SSSR count). The molecule has 2 heterocycles. The van der Waals surface area contributed by atoms with Crippen LogP contribution in [0.2, 0.25) is 5.15 Å². The number of hydrogen-bond acceptors (Lipinski definition) is 4. The Morgan fingerprint density at radius 1 is 1.50 bits per heavy atom. The molecule has 0 amide bonds. The van der Waals surface area contributed by atoms with Crippen LogP contribution in [0, 0.1) is 10.1 Å². The number of aryl methyl sites for hydroxylation is 1. The topological polar surface area (TPSA) is 73.8 Å². The summed E-state index contributed by atoms with van der Waals surface area (Å²) in [5, 5.41) is 14.7. The van der Waals surface area contributed by atoms with Crippen molar-refractivity contribution in [3.8, 4) is 11.3 Å². The van der Waals surface area contributed by atoms with Crippen molar-refractivity contribution in [3.63, 3.8) is 0 Å². The van der Waals surface area contributed by atoms with E-state index in [1.807, 2.05) is 0 Å². The van der Waals surface area contributed by atoms with Gasteiger partial charge in [-0.25, -0.2) is 4.98 Å². The van der Waals surface area contributed by atoms with E-state index in [1.54, 1.807) is 24.1 Å². The third-order valence-corrected chi connectivity index (χ3v) is 2.18. The van der Waals surface area contributed by atoms with Gasteiger partial charge in [0.25, 0.3) is 5.69 Å². The minimum Gasteiger partial charge on any atom is -0.275 e. The SMILES string of the molecule is Cn1cc(-c2cc([N+](=O)[O-])cc(Cl)n2)cn1. The predicted molar refractivity (Wildman–Crippen MR) is 58.1 cm³/mol. The average molecular weight is 239 g/mol. The molecule has 82 valence electrons. The lowest BCUT2D eigenvalue weighted by Crippen LogP contribution is -1.91. The summed E-state index contributed by atoms with van der Waals surface area (Å²) in [6.45, 7) is 0. The molecule has 6 nitrogen and oxygen atoms in total. The molecule has 0 saturated carbocycles. The third-order valence-electron chi connectivity index (χ3n) is 1.99. The van der Waals surface area contributed by atoms with Crippen molar-refractivity contribution in [1.29, 1.82) is 0 Å². The predicted octanol–water partition coefficient (Wildman–Crippen LogP) is 2.04. The van der Waals surface area contributed by atoms with Gasteiger partial charge in [0.2, 0.25) is 0 Å². The molecule has 0 aliphatic carbocycles. The maximum absolute atomic E-state index is 10.6. The first-order chi connectivity index (χ1) is 7.56. The summed E-state index contributed by atoms with van der Waals surface area (Å²) in [5.41, 5.74) is 1.04. The van der Waals surface area contributed by atoms with E-state index in [1.165, 1.54) is 12.1 Å². The molecule has 0 unspecified atom stereocenters. The Hall–Kier alpha value is -1.95. The molecular formula is C9H7ClN4O2. The molecule has 0 bridgehead atoms. The van der Waals surface area contributed by atoms with Crippen LogP contribution in [-0.2, 0) is 7.05 Å². The van der Waals surface area contributed by atoms with Gasteiger partial charge >= 0.3 is 0 Å². The van der Waals surface area contributed by atoms with E-state index in [0.29, 0.717) is 11.3 Å². The Morgan fingerprint density at radius 3 is 2.81 bits per heavy atom. The largest absolute Gasteiger partial charge is 0.275 e. The van der Waals surface area contributed by atoms with Gasteiger partial charge in [-0.1, -0.05) is 11.6 Å². The zero-order valence-electron chi connectivity index (χ0n) is 8.29. The standard InChI is InChI=1S/C9H7ClN4O2/c1-13-5-6(4-11-13)8-2-7(14(15)16)3-9(10)12-8/h2-5H,1H3. The minimum absolute atomic E-state index is 0.0844. The van der Waals surface area contributed by atoms with E-state index in [9.17, 15) is 10.1 Å². The summed E-state index contributed by atoms with van der Waals surface area (Å²) in [6, 6.07) is 2.57. The molecule has 0 N–H and O–H groups in total. The summed E-state index contributed by atoms with van der Waals surface area (Å²) in [6.07, 6.45) is 3.28. The maximum atomic E-state index is 10.6. The van der Waals surface area contributed by atoms with Gasteiger partial charge in [0, 0.05) is 24.9 Å². The quantitative estimate of drug-likeness (QED) is 0.456. The highest BCUT2D eigenvalue weighted by molar-refractivity contribution is 6.29. The number of nitro groups is 1. The molecule has 2 aromatic rings. The van der Waals surface area contributed by atoms with Crippen LogP contribution in [-0.4, -0.2) is 19.7 Å². The van der Waals surface area contributed by atoms with Crippen LogP contribution in [0.1, 0.15) is 0 Å². The van der Waals surface area contributed by atoms with Gasteiger partial charge in [-0.3, -0.25) is 14.8 Å². The molecule has 7 heteroatoms. The lowest BCUT2D eigenvalue weighted by Gasteiger charge is -1.98. The first-order valence-corrected chi connectivity index (χ1v) is 4.75. The first-order valence-electron chi connectivity index (χ1n) is 4.37. The summed E-state index contributed by atoms with van der Waals surface area (Å²) in [5.74, 6) is 0. The van der Waals surface area contributed by atoms with Crippen molar-refractivity contribution in [2.75, 3.05) is 0 Å². The fraction of sp³-hybridized carbons (Fsp3) is 0.111. The minimum atomic E-state index is -0.507. The summed E-state index contributed by atoms with van der Waals surface area (Å²) < 4.78 is 1.59. The zero-order valence-corrected chi connectivity index (χ0v) is 9.05. The first kappa shape index (κ1) is 10.6. The van der Waals surface area contributed by atoms with Crippen molar-refractivity contribution < 1.29 is 4.92 Å².